The van der Waals surface area contributed by atoms with Gasteiger partial charge in [-0.1, -0.05) is 0 Å². The molecule has 1 unspecified atom stereocenters. The van der Waals surface area contributed by atoms with Gasteiger partial charge in [0.15, 0.2) is 0 Å². The minimum absolute atomic E-state index is 0.212. The van der Waals surface area contributed by atoms with Gasteiger partial charge in [0.25, 0.3) is 0 Å². The predicted molar refractivity (Wildman–Crippen MR) is 72.0 cm³/mol. The van der Waals surface area contributed by atoms with Gasteiger partial charge in [0.1, 0.15) is 0 Å². The SMILES string of the molecule is FC(F)(F)c1cc(C2C[C@H]3CNC[C@H]3C2)c2cncn2c1. The van der Waals surface area contributed by atoms with E-state index in [-0.39, 0.29) is 5.92 Å². The number of pyridine rings is 1. The fraction of sp³-hybridized carbons (Fsp3) is 0.533. The third kappa shape index (κ3) is 2.12. The van der Waals surface area contributed by atoms with Gasteiger partial charge in [-0.15, -0.1) is 0 Å². The summed E-state index contributed by atoms with van der Waals surface area (Å²) in [7, 11) is 0. The van der Waals surface area contributed by atoms with E-state index in [0.29, 0.717) is 11.8 Å². The molecule has 1 aliphatic heterocycles. The molecule has 112 valence electrons. The lowest BCUT2D eigenvalue weighted by Gasteiger charge is -2.16. The van der Waals surface area contributed by atoms with Crippen molar-refractivity contribution in [1.29, 1.82) is 0 Å². The fourth-order valence-electron chi connectivity index (χ4n) is 3.96. The maximum atomic E-state index is 13.1. The number of aromatic nitrogens is 2. The lowest BCUT2D eigenvalue weighted by Crippen LogP contribution is -2.13. The second-order valence-corrected chi connectivity index (χ2v) is 6.21. The number of alkyl halides is 3. The summed E-state index contributed by atoms with van der Waals surface area (Å²) < 4.78 is 40.7. The van der Waals surface area contributed by atoms with Gasteiger partial charge in [0, 0.05) is 6.20 Å². The molecular weight excluding hydrogens is 279 g/mol. The van der Waals surface area contributed by atoms with Crippen molar-refractivity contribution in [2.75, 3.05) is 13.1 Å². The predicted octanol–water partition coefficient (Wildman–Crippen LogP) is 3.07. The molecule has 2 aromatic heterocycles. The van der Waals surface area contributed by atoms with Crippen LogP contribution in [0.15, 0.2) is 24.8 Å². The Bertz CT molecular complexity index is 664. The number of rotatable bonds is 1. The molecule has 0 amide bonds. The highest BCUT2D eigenvalue weighted by Gasteiger charge is 2.39. The normalized spacial score (nSPS) is 29.2. The molecule has 6 heteroatoms. The number of hydrogen-bond donors (Lipinski definition) is 1. The van der Waals surface area contributed by atoms with E-state index in [0.717, 1.165) is 43.2 Å². The summed E-state index contributed by atoms with van der Waals surface area (Å²) in [6.07, 6.45) is 1.87. The van der Waals surface area contributed by atoms with Gasteiger partial charge in [-0.2, -0.15) is 13.2 Å². The Morgan fingerprint density at radius 3 is 2.57 bits per heavy atom. The first-order valence-corrected chi connectivity index (χ1v) is 7.26. The van der Waals surface area contributed by atoms with Gasteiger partial charge >= 0.3 is 6.18 Å². The largest absolute Gasteiger partial charge is 0.417 e. The first-order valence-electron chi connectivity index (χ1n) is 7.26. The van der Waals surface area contributed by atoms with E-state index in [1.807, 2.05) is 0 Å². The molecule has 0 aromatic carbocycles. The Morgan fingerprint density at radius 2 is 1.90 bits per heavy atom. The zero-order chi connectivity index (χ0) is 14.6. The number of fused-ring (bicyclic) bond motifs is 2. The zero-order valence-electron chi connectivity index (χ0n) is 11.4. The molecule has 3 nitrogen and oxygen atoms in total. The second-order valence-electron chi connectivity index (χ2n) is 6.21. The van der Waals surface area contributed by atoms with Crippen LogP contribution >= 0.6 is 0 Å². The number of nitrogens with one attached hydrogen (secondary N) is 1. The molecule has 2 aromatic rings. The van der Waals surface area contributed by atoms with E-state index >= 15 is 0 Å². The summed E-state index contributed by atoms with van der Waals surface area (Å²) in [4.78, 5) is 4.01. The van der Waals surface area contributed by atoms with E-state index in [1.54, 1.807) is 6.20 Å². The van der Waals surface area contributed by atoms with Crippen LogP contribution in [0, 0.1) is 11.8 Å². The first kappa shape index (κ1) is 13.1. The van der Waals surface area contributed by atoms with Gasteiger partial charge in [-0.25, -0.2) is 4.98 Å². The molecule has 3 heterocycles. The van der Waals surface area contributed by atoms with E-state index in [4.69, 9.17) is 0 Å². The maximum absolute atomic E-state index is 13.1. The van der Waals surface area contributed by atoms with Crippen LogP contribution in [0.3, 0.4) is 0 Å². The van der Waals surface area contributed by atoms with Crippen molar-refractivity contribution < 1.29 is 13.2 Å². The lowest BCUT2D eigenvalue weighted by molar-refractivity contribution is -0.137. The van der Waals surface area contributed by atoms with Crippen LogP contribution in [0.4, 0.5) is 13.2 Å². The Kier molecular flexibility index (Phi) is 2.79. The van der Waals surface area contributed by atoms with E-state index in [2.05, 4.69) is 10.3 Å². The average molecular weight is 295 g/mol. The Hall–Kier alpha value is -1.56. The highest BCUT2D eigenvalue weighted by Crippen LogP contribution is 2.46. The van der Waals surface area contributed by atoms with Gasteiger partial charge in [-0.3, -0.25) is 0 Å². The molecule has 2 aliphatic rings. The van der Waals surface area contributed by atoms with Gasteiger partial charge < -0.3 is 9.72 Å². The van der Waals surface area contributed by atoms with Crippen molar-refractivity contribution >= 4 is 5.52 Å². The molecule has 1 N–H and O–H groups in total. The van der Waals surface area contributed by atoms with Crippen LogP contribution in [-0.2, 0) is 6.18 Å². The Balaban J connectivity index is 1.78. The van der Waals surface area contributed by atoms with Crippen LogP contribution in [-0.4, -0.2) is 22.5 Å². The smallest absolute Gasteiger partial charge is 0.316 e. The van der Waals surface area contributed by atoms with Crippen LogP contribution in [0.5, 0.6) is 0 Å². The highest BCUT2D eigenvalue weighted by atomic mass is 19.4. The molecule has 3 atom stereocenters. The van der Waals surface area contributed by atoms with E-state index in [1.165, 1.54) is 16.8 Å². The minimum Gasteiger partial charge on any atom is -0.316 e. The first-order chi connectivity index (χ1) is 10.0. The van der Waals surface area contributed by atoms with Crippen molar-refractivity contribution in [2.24, 2.45) is 11.8 Å². The molecule has 1 saturated carbocycles. The number of nitrogens with zero attached hydrogens (tertiary/aromatic N) is 2. The van der Waals surface area contributed by atoms with Crippen molar-refractivity contribution in [1.82, 2.24) is 14.7 Å². The highest BCUT2D eigenvalue weighted by molar-refractivity contribution is 5.56. The number of hydrogen-bond acceptors (Lipinski definition) is 2. The molecule has 0 radical (unpaired) electrons. The standard InChI is InChI=1S/C15H16F3N3/c16-15(17,18)12-3-13(14-6-20-8-21(14)7-12)9-1-10-4-19-5-11(10)2-9/h3,6-11,19H,1-2,4-5H2/t9?,10-,11+. The molecule has 0 spiro atoms. The maximum Gasteiger partial charge on any atom is 0.417 e. The summed E-state index contributed by atoms with van der Waals surface area (Å²) in [5.74, 6) is 1.42. The summed E-state index contributed by atoms with van der Waals surface area (Å²) in [6.45, 7) is 1.99. The quantitative estimate of drug-likeness (QED) is 0.876. The molecule has 1 saturated heterocycles. The lowest BCUT2D eigenvalue weighted by atomic mass is 9.94. The van der Waals surface area contributed by atoms with E-state index in [9.17, 15) is 13.2 Å². The third-order valence-corrected chi connectivity index (χ3v) is 4.97. The minimum atomic E-state index is -4.32. The molecule has 2 fully saturated rings. The van der Waals surface area contributed by atoms with E-state index < -0.39 is 11.7 Å². The second kappa shape index (κ2) is 4.47. The number of halogens is 3. The van der Waals surface area contributed by atoms with Gasteiger partial charge in [-0.05, 0) is 55.3 Å². The fourth-order valence-corrected chi connectivity index (χ4v) is 3.96. The van der Waals surface area contributed by atoms with Crippen LogP contribution in [0.25, 0.3) is 5.52 Å². The molecule has 4 rings (SSSR count). The average Bonchev–Trinajstić information content (AvgIpc) is 3.11. The Labute approximate surface area is 120 Å². The summed E-state index contributed by atoms with van der Waals surface area (Å²) in [5.41, 5.74) is 1.02. The summed E-state index contributed by atoms with van der Waals surface area (Å²) in [5, 5.41) is 3.37. The van der Waals surface area contributed by atoms with Crippen molar-refractivity contribution in [3.8, 4) is 0 Å². The van der Waals surface area contributed by atoms with Gasteiger partial charge in [0.05, 0.1) is 23.6 Å². The molecule has 21 heavy (non-hydrogen) atoms. The van der Waals surface area contributed by atoms with Crippen LogP contribution < -0.4 is 5.32 Å². The van der Waals surface area contributed by atoms with Crippen molar-refractivity contribution in [3.05, 3.63) is 35.9 Å². The molecule has 1 aliphatic carbocycles. The topological polar surface area (TPSA) is 29.3 Å². The molecule has 0 bridgehead atoms. The molecular formula is C15H16F3N3. The van der Waals surface area contributed by atoms with Gasteiger partial charge in [0.2, 0.25) is 0 Å². The van der Waals surface area contributed by atoms with Crippen LogP contribution in [0.2, 0.25) is 0 Å². The summed E-state index contributed by atoms with van der Waals surface area (Å²) >= 11 is 0. The Morgan fingerprint density at radius 1 is 1.19 bits per heavy atom. The monoisotopic (exact) mass is 295 g/mol. The summed E-state index contributed by atoms with van der Waals surface area (Å²) in [6, 6.07) is 1.33. The van der Waals surface area contributed by atoms with Crippen LogP contribution in [0.1, 0.15) is 29.9 Å². The van der Waals surface area contributed by atoms with Crippen molar-refractivity contribution in [3.63, 3.8) is 0 Å². The van der Waals surface area contributed by atoms with Crippen molar-refractivity contribution in [2.45, 2.75) is 24.9 Å². The zero-order valence-corrected chi connectivity index (χ0v) is 11.4. The third-order valence-electron chi connectivity index (χ3n) is 4.97. The number of imidazole rings is 1.